The van der Waals surface area contributed by atoms with Crippen LogP contribution in [0.15, 0.2) is 36.5 Å². The molecule has 1 aromatic heterocycles. The van der Waals surface area contributed by atoms with Gasteiger partial charge in [0, 0.05) is 24.1 Å². The molecule has 0 aliphatic heterocycles. The van der Waals surface area contributed by atoms with Crippen molar-refractivity contribution in [1.29, 1.82) is 0 Å². The summed E-state index contributed by atoms with van der Waals surface area (Å²) in [6.45, 7) is 4.10. The third kappa shape index (κ3) is 3.17. The van der Waals surface area contributed by atoms with Crippen LogP contribution in [0.2, 0.25) is 0 Å². The van der Waals surface area contributed by atoms with Crippen molar-refractivity contribution in [3.05, 3.63) is 53.6 Å². The fraction of sp³-hybridized carbons (Fsp3) is 0.200. The number of amides is 1. The van der Waals surface area contributed by atoms with Crippen LogP contribution in [0.4, 0.5) is 15.8 Å². The van der Waals surface area contributed by atoms with Gasteiger partial charge in [-0.3, -0.25) is 15.6 Å². The SMILES string of the molecule is CCN(C(=O)c1cnc(C)cc1NN)c1ccc(F)cc1. The number of carbonyl (C=O) groups is 1. The van der Waals surface area contributed by atoms with E-state index in [1.54, 1.807) is 18.2 Å². The Balaban J connectivity index is 2.39. The molecule has 6 heteroatoms. The number of hydrazine groups is 1. The van der Waals surface area contributed by atoms with E-state index in [4.69, 9.17) is 5.84 Å². The topological polar surface area (TPSA) is 71.2 Å². The molecule has 21 heavy (non-hydrogen) atoms. The fourth-order valence-electron chi connectivity index (χ4n) is 2.06. The van der Waals surface area contributed by atoms with Crippen molar-refractivity contribution in [2.24, 2.45) is 5.84 Å². The van der Waals surface area contributed by atoms with E-state index in [0.717, 1.165) is 5.69 Å². The largest absolute Gasteiger partial charge is 0.323 e. The Hall–Kier alpha value is -2.47. The van der Waals surface area contributed by atoms with E-state index in [9.17, 15) is 9.18 Å². The number of nitrogens with one attached hydrogen (secondary N) is 1. The molecule has 2 aromatic rings. The first-order valence-corrected chi connectivity index (χ1v) is 6.57. The molecule has 3 N–H and O–H groups in total. The standard InChI is InChI=1S/C15H17FN4O/c1-3-20(12-6-4-11(16)5-7-12)15(21)13-9-18-10(2)8-14(13)19-17/h4-9H,3,17H2,1-2H3,(H,18,19). The summed E-state index contributed by atoms with van der Waals surface area (Å²) in [6.07, 6.45) is 1.49. The predicted molar refractivity (Wildman–Crippen MR) is 80.5 cm³/mol. The molecule has 0 fully saturated rings. The van der Waals surface area contributed by atoms with Gasteiger partial charge in [-0.2, -0.15) is 0 Å². The number of nitrogens with zero attached hydrogens (tertiary/aromatic N) is 2. The van der Waals surface area contributed by atoms with E-state index in [2.05, 4.69) is 10.4 Å². The van der Waals surface area contributed by atoms with E-state index in [1.807, 2.05) is 13.8 Å². The molecule has 0 bridgehead atoms. The van der Waals surface area contributed by atoms with Gasteiger partial charge in [-0.05, 0) is 44.2 Å². The van der Waals surface area contributed by atoms with Crippen LogP contribution in [0.3, 0.4) is 0 Å². The van der Waals surface area contributed by atoms with Gasteiger partial charge in [0.25, 0.3) is 5.91 Å². The maximum Gasteiger partial charge on any atom is 0.261 e. The Morgan fingerprint density at radius 3 is 2.62 bits per heavy atom. The minimum absolute atomic E-state index is 0.246. The second-order valence-corrected chi connectivity index (χ2v) is 4.54. The number of aromatic nitrogens is 1. The number of aryl methyl sites for hydroxylation is 1. The van der Waals surface area contributed by atoms with Gasteiger partial charge in [0.15, 0.2) is 0 Å². The molecular weight excluding hydrogens is 271 g/mol. The molecule has 1 amide bonds. The van der Waals surface area contributed by atoms with Gasteiger partial charge in [0.1, 0.15) is 5.82 Å². The number of rotatable bonds is 4. The molecule has 0 spiro atoms. The molecule has 0 aliphatic rings. The lowest BCUT2D eigenvalue weighted by atomic mass is 10.1. The third-order valence-electron chi connectivity index (χ3n) is 3.13. The average Bonchev–Trinajstić information content (AvgIpc) is 2.49. The van der Waals surface area contributed by atoms with Gasteiger partial charge in [0.2, 0.25) is 0 Å². The molecule has 1 heterocycles. The van der Waals surface area contributed by atoms with Crippen LogP contribution in [-0.2, 0) is 0 Å². The zero-order valence-corrected chi connectivity index (χ0v) is 11.9. The zero-order valence-electron chi connectivity index (χ0n) is 11.9. The Bertz CT molecular complexity index is 643. The molecule has 0 unspecified atom stereocenters. The van der Waals surface area contributed by atoms with Gasteiger partial charge in [-0.1, -0.05) is 0 Å². The Morgan fingerprint density at radius 2 is 2.05 bits per heavy atom. The van der Waals surface area contributed by atoms with E-state index < -0.39 is 0 Å². The number of carbonyl (C=O) groups excluding carboxylic acids is 1. The maximum atomic E-state index is 13.0. The van der Waals surface area contributed by atoms with Crippen molar-refractivity contribution in [1.82, 2.24) is 4.98 Å². The van der Waals surface area contributed by atoms with Crippen LogP contribution in [-0.4, -0.2) is 17.4 Å². The first kappa shape index (κ1) is 14.9. The van der Waals surface area contributed by atoms with Gasteiger partial charge in [-0.25, -0.2) is 4.39 Å². The fourth-order valence-corrected chi connectivity index (χ4v) is 2.06. The molecule has 0 saturated heterocycles. The first-order chi connectivity index (χ1) is 10.1. The first-order valence-electron chi connectivity index (χ1n) is 6.57. The molecule has 0 aliphatic carbocycles. The Morgan fingerprint density at radius 1 is 1.38 bits per heavy atom. The smallest absolute Gasteiger partial charge is 0.261 e. The van der Waals surface area contributed by atoms with Gasteiger partial charge >= 0.3 is 0 Å². The number of nitrogens with two attached hydrogens (primary N) is 1. The van der Waals surface area contributed by atoms with Crippen LogP contribution in [0.1, 0.15) is 23.0 Å². The second kappa shape index (κ2) is 6.32. The lowest BCUT2D eigenvalue weighted by Crippen LogP contribution is -2.31. The number of halogens is 1. The molecule has 0 atom stereocenters. The normalized spacial score (nSPS) is 10.3. The van der Waals surface area contributed by atoms with Crippen LogP contribution < -0.4 is 16.2 Å². The van der Waals surface area contributed by atoms with Crippen molar-refractivity contribution >= 4 is 17.3 Å². The van der Waals surface area contributed by atoms with Gasteiger partial charge in [0.05, 0.1) is 11.3 Å². The molecule has 5 nitrogen and oxygen atoms in total. The lowest BCUT2D eigenvalue weighted by molar-refractivity contribution is 0.0988. The average molecular weight is 288 g/mol. The summed E-state index contributed by atoms with van der Waals surface area (Å²) in [5.41, 5.74) is 4.76. The maximum absolute atomic E-state index is 13.0. The summed E-state index contributed by atoms with van der Waals surface area (Å²) < 4.78 is 13.0. The number of hydrogen-bond donors (Lipinski definition) is 2. The number of anilines is 2. The van der Waals surface area contributed by atoms with Crippen LogP contribution in [0, 0.1) is 12.7 Å². The van der Waals surface area contributed by atoms with E-state index in [-0.39, 0.29) is 11.7 Å². The molecule has 110 valence electrons. The minimum Gasteiger partial charge on any atom is -0.323 e. The minimum atomic E-state index is -0.344. The zero-order chi connectivity index (χ0) is 15.4. The van der Waals surface area contributed by atoms with Gasteiger partial charge in [-0.15, -0.1) is 0 Å². The monoisotopic (exact) mass is 288 g/mol. The summed E-state index contributed by atoms with van der Waals surface area (Å²) in [7, 11) is 0. The summed E-state index contributed by atoms with van der Waals surface area (Å²) in [4.78, 5) is 18.3. The Kier molecular flexibility index (Phi) is 4.49. The molecule has 1 aromatic carbocycles. The quantitative estimate of drug-likeness (QED) is 0.670. The molecular formula is C15H17FN4O. The van der Waals surface area contributed by atoms with Crippen LogP contribution >= 0.6 is 0 Å². The summed E-state index contributed by atoms with van der Waals surface area (Å²) in [6, 6.07) is 7.47. The number of pyridine rings is 1. The summed E-state index contributed by atoms with van der Waals surface area (Å²) in [5.74, 6) is 4.87. The number of nitrogen functional groups attached to an aromatic ring is 1. The van der Waals surface area contributed by atoms with Crippen molar-refractivity contribution in [2.75, 3.05) is 16.9 Å². The van der Waals surface area contributed by atoms with Crippen molar-refractivity contribution in [3.8, 4) is 0 Å². The lowest BCUT2D eigenvalue weighted by Gasteiger charge is -2.22. The number of benzene rings is 1. The van der Waals surface area contributed by atoms with Crippen molar-refractivity contribution in [3.63, 3.8) is 0 Å². The van der Waals surface area contributed by atoms with Crippen molar-refractivity contribution < 1.29 is 9.18 Å². The van der Waals surface area contributed by atoms with E-state index in [0.29, 0.717) is 23.5 Å². The second-order valence-electron chi connectivity index (χ2n) is 4.54. The predicted octanol–water partition coefficient (Wildman–Crippen LogP) is 2.48. The number of hydrogen-bond acceptors (Lipinski definition) is 4. The highest BCUT2D eigenvalue weighted by atomic mass is 19.1. The van der Waals surface area contributed by atoms with E-state index >= 15 is 0 Å². The highest BCUT2D eigenvalue weighted by Gasteiger charge is 2.19. The highest BCUT2D eigenvalue weighted by molar-refractivity contribution is 6.09. The van der Waals surface area contributed by atoms with E-state index in [1.165, 1.54) is 23.2 Å². The van der Waals surface area contributed by atoms with Crippen LogP contribution in [0.5, 0.6) is 0 Å². The Labute approximate surface area is 122 Å². The summed E-state index contributed by atoms with van der Waals surface area (Å²) >= 11 is 0. The van der Waals surface area contributed by atoms with Gasteiger partial charge < -0.3 is 10.3 Å². The van der Waals surface area contributed by atoms with Crippen molar-refractivity contribution in [2.45, 2.75) is 13.8 Å². The molecule has 0 radical (unpaired) electrons. The third-order valence-corrected chi connectivity index (χ3v) is 3.13. The molecule has 0 saturated carbocycles. The summed E-state index contributed by atoms with van der Waals surface area (Å²) in [5, 5.41) is 0. The molecule has 2 rings (SSSR count). The van der Waals surface area contributed by atoms with Crippen LogP contribution in [0.25, 0.3) is 0 Å². The highest BCUT2D eigenvalue weighted by Crippen LogP contribution is 2.21.